The Kier molecular flexibility index (Phi) is 4.77. The molecule has 2 aromatic heterocycles. The fourth-order valence-corrected chi connectivity index (χ4v) is 3.43. The number of anilines is 2. The average molecular weight is 407 g/mol. The Labute approximate surface area is 171 Å². The lowest BCUT2D eigenvalue weighted by molar-refractivity contribution is -0.117. The number of aliphatic imine (C=N–C) groups is 1. The van der Waals surface area contributed by atoms with Crippen molar-refractivity contribution in [3.63, 3.8) is 0 Å². The topological polar surface area (TPSA) is 93.3 Å². The maximum Gasteiger partial charge on any atom is 0.271 e. The van der Waals surface area contributed by atoms with Gasteiger partial charge in [0.15, 0.2) is 0 Å². The summed E-state index contributed by atoms with van der Waals surface area (Å²) in [5.74, 6) is -3.08. The summed E-state index contributed by atoms with van der Waals surface area (Å²) in [6.07, 6.45) is 6.51. The van der Waals surface area contributed by atoms with Gasteiger partial charge in [0, 0.05) is 53.9 Å². The van der Waals surface area contributed by atoms with Crippen molar-refractivity contribution in [3.8, 4) is 11.1 Å². The Morgan fingerprint density at radius 2 is 2.17 bits per heavy atom. The van der Waals surface area contributed by atoms with Crippen LogP contribution < -0.4 is 11.1 Å². The third-order valence-corrected chi connectivity index (χ3v) is 5.03. The van der Waals surface area contributed by atoms with Gasteiger partial charge in [0.2, 0.25) is 5.91 Å². The van der Waals surface area contributed by atoms with Crippen molar-refractivity contribution in [1.29, 1.82) is 0 Å². The highest BCUT2D eigenvalue weighted by molar-refractivity contribution is 6.01. The maximum atomic E-state index is 14.1. The highest BCUT2D eigenvalue weighted by Crippen LogP contribution is 2.39. The van der Waals surface area contributed by atoms with Crippen LogP contribution in [0.2, 0.25) is 0 Å². The van der Waals surface area contributed by atoms with Gasteiger partial charge in [-0.1, -0.05) is 0 Å². The van der Waals surface area contributed by atoms with Gasteiger partial charge in [0.25, 0.3) is 5.92 Å². The first-order valence-corrected chi connectivity index (χ1v) is 9.25. The largest absolute Gasteiger partial charge is 0.398 e. The third kappa shape index (κ3) is 3.76. The van der Waals surface area contributed by atoms with Gasteiger partial charge in [-0.05, 0) is 53.9 Å². The molecule has 1 aliphatic rings. The van der Waals surface area contributed by atoms with E-state index in [-0.39, 0.29) is 17.4 Å². The number of hydrogen-bond acceptors (Lipinski definition) is 5. The molecule has 1 amide bonds. The molecule has 0 aliphatic heterocycles. The highest BCUT2D eigenvalue weighted by atomic mass is 19.3. The van der Waals surface area contributed by atoms with Crippen LogP contribution in [0.15, 0.2) is 59.6 Å². The summed E-state index contributed by atoms with van der Waals surface area (Å²) in [5, 5.41) is 4.10. The summed E-state index contributed by atoms with van der Waals surface area (Å²) in [6.45, 7) is 4.23. The molecular weight excluding hydrogens is 388 g/mol. The molecule has 0 spiro atoms. The number of carbonyl (C=O) groups excluding carboxylic acids is 1. The van der Waals surface area contributed by atoms with E-state index < -0.39 is 5.92 Å². The average Bonchev–Trinajstić information content (AvgIpc) is 3.47. The standard InChI is InChI=1S/C22H19F2N5O/c1-22(23,24)18-3-4-27-10-16(18)12-5-13-8-20(28-11-17(13)19(25)7-12)29-21(30)15-6-14(15)9-26-2/h3-5,7-11,15H,2,6,25H2,1H3,(H,28,29,30)/b14-9+/t15-/m0/s1. The van der Waals surface area contributed by atoms with E-state index in [1.807, 2.05) is 0 Å². The minimum atomic E-state index is -3.03. The van der Waals surface area contributed by atoms with Gasteiger partial charge >= 0.3 is 0 Å². The zero-order valence-electron chi connectivity index (χ0n) is 16.2. The van der Waals surface area contributed by atoms with Gasteiger partial charge < -0.3 is 11.1 Å². The molecule has 6 nitrogen and oxygen atoms in total. The lowest BCUT2D eigenvalue weighted by Crippen LogP contribution is -2.14. The Morgan fingerprint density at radius 3 is 2.90 bits per heavy atom. The summed E-state index contributed by atoms with van der Waals surface area (Å²) in [6, 6.07) is 6.33. The minimum absolute atomic E-state index is 0.136. The molecule has 3 N–H and O–H groups in total. The Morgan fingerprint density at radius 1 is 1.37 bits per heavy atom. The van der Waals surface area contributed by atoms with Crippen molar-refractivity contribution in [1.82, 2.24) is 9.97 Å². The van der Waals surface area contributed by atoms with E-state index in [1.165, 1.54) is 18.5 Å². The van der Waals surface area contributed by atoms with Crippen LogP contribution >= 0.6 is 0 Å². The number of amides is 1. The summed E-state index contributed by atoms with van der Waals surface area (Å²) in [7, 11) is 0. The quantitative estimate of drug-likeness (QED) is 0.480. The van der Waals surface area contributed by atoms with Gasteiger partial charge in [-0.2, -0.15) is 0 Å². The molecule has 2 heterocycles. The SMILES string of the molecule is C=N/C=C1\C[C@@H]1C(=O)Nc1cc2cc(-c3cnccc3C(C)(F)F)cc(N)c2cn1. The first kappa shape index (κ1) is 19.6. The molecule has 0 saturated heterocycles. The van der Waals surface area contributed by atoms with E-state index in [0.29, 0.717) is 39.8 Å². The van der Waals surface area contributed by atoms with Gasteiger partial charge in [-0.3, -0.25) is 14.8 Å². The van der Waals surface area contributed by atoms with E-state index in [2.05, 4.69) is 27.0 Å². The number of nitrogens with two attached hydrogens (primary N) is 1. The number of nitrogens with one attached hydrogen (secondary N) is 1. The van der Waals surface area contributed by atoms with Crippen LogP contribution in [0, 0.1) is 5.92 Å². The van der Waals surface area contributed by atoms with Crippen molar-refractivity contribution in [3.05, 3.63) is 60.2 Å². The molecule has 1 fully saturated rings. The number of benzene rings is 1. The third-order valence-electron chi connectivity index (χ3n) is 5.03. The van der Waals surface area contributed by atoms with Crippen LogP contribution in [0.3, 0.4) is 0 Å². The fraction of sp³-hybridized carbons (Fsp3) is 0.182. The lowest BCUT2D eigenvalue weighted by atomic mass is 9.96. The Balaban J connectivity index is 1.71. The molecule has 8 heteroatoms. The van der Waals surface area contributed by atoms with Crippen LogP contribution in [0.5, 0.6) is 0 Å². The first-order valence-electron chi connectivity index (χ1n) is 9.25. The van der Waals surface area contributed by atoms with E-state index in [1.54, 1.807) is 30.6 Å². The predicted octanol–water partition coefficient (Wildman–Crippen LogP) is 4.53. The molecule has 152 valence electrons. The summed E-state index contributed by atoms with van der Waals surface area (Å²) in [5.41, 5.74) is 8.14. The first-order chi connectivity index (χ1) is 14.3. The molecular formula is C22H19F2N5O. The van der Waals surface area contributed by atoms with Crippen molar-refractivity contribution < 1.29 is 13.6 Å². The molecule has 1 aliphatic carbocycles. The zero-order valence-corrected chi connectivity index (χ0v) is 16.2. The number of rotatable bonds is 5. The van der Waals surface area contributed by atoms with E-state index >= 15 is 0 Å². The van der Waals surface area contributed by atoms with E-state index in [4.69, 9.17) is 5.73 Å². The molecule has 30 heavy (non-hydrogen) atoms. The van der Waals surface area contributed by atoms with Crippen molar-refractivity contribution >= 4 is 34.9 Å². The van der Waals surface area contributed by atoms with E-state index in [9.17, 15) is 13.6 Å². The fourth-order valence-electron chi connectivity index (χ4n) is 3.43. The van der Waals surface area contributed by atoms with Gasteiger partial charge in [-0.25, -0.2) is 13.8 Å². The number of halogens is 2. The second kappa shape index (κ2) is 7.29. The normalized spacial score (nSPS) is 17.2. The lowest BCUT2D eigenvalue weighted by Gasteiger charge is -2.16. The monoisotopic (exact) mass is 407 g/mol. The molecule has 1 atom stereocenters. The number of nitrogens with zero attached hydrogens (tertiary/aromatic N) is 3. The number of alkyl halides is 2. The van der Waals surface area contributed by atoms with Gasteiger partial charge in [-0.15, -0.1) is 0 Å². The molecule has 3 aromatic rings. The highest BCUT2D eigenvalue weighted by Gasteiger charge is 2.36. The van der Waals surface area contributed by atoms with E-state index in [0.717, 1.165) is 12.5 Å². The van der Waals surface area contributed by atoms with Gasteiger partial charge in [0.05, 0.1) is 5.92 Å². The van der Waals surface area contributed by atoms with Crippen molar-refractivity contribution in [2.24, 2.45) is 10.9 Å². The van der Waals surface area contributed by atoms with Crippen molar-refractivity contribution in [2.45, 2.75) is 19.3 Å². The minimum Gasteiger partial charge on any atom is -0.398 e. The number of aromatic nitrogens is 2. The number of fused-ring (bicyclic) bond motifs is 1. The molecule has 4 rings (SSSR count). The Bertz CT molecular complexity index is 1200. The smallest absolute Gasteiger partial charge is 0.271 e. The molecule has 1 aromatic carbocycles. The number of pyridine rings is 2. The maximum absolute atomic E-state index is 14.1. The number of hydrogen-bond donors (Lipinski definition) is 2. The second-order valence-electron chi connectivity index (χ2n) is 7.30. The van der Waals surface area contributed by atoms with Crippen LogP contribution in [0.4, 0.5) is 20.3 Å². The van der Waals surface area contributed by atoms with Crippen LogP contribution in [0.1, 0.15) is 18.9 Å². The zero-order chi connectivity index (χ0) is 21.5. The Hall–Kier alpha value is -3.68. The molecule has 1 saturated carbocycles. The summed E-state index contributed by atoms with van der Waals surface area (Å²) < 4.78 is 28.1. The van der Waals surface area contributed by atoms with Crippen LogP contribution in [-0.2, 0) is 10.7 Å². The van der Waals surface area contributed by atoms with Crippen LogP contribution in [0.25, 0.3) is 21.9 Å². The van der Waals surface area contributed by atoms with Gasteiger partial charge in [0.1, 0.15) is 5.82 Å². The van der Waals surface area contributed by atoms with Crippen molar-refractivity contribution in [2.75, 3.05) is 11.1 Å². The molecule has 0 radical (unpaired) electrons. The number of carbonyl (C=O) groups is 1. The summed E-state index contributed by atoms with van der Waals surface area (Å²) >= 11 is 0. The summed E-state index contributed by atoms with van der Waals surface area (Å²) in [4.78, 5) is 24.2. The predicted molar refractivity (Wildman–Crippen MR) is 113 cm³/mol. The molecule has 0 bridgehead atoms. The second-order valence-corrected chi connectivity index (χ2v) is 7.30. The van der Waals surface area contributed by atoms with Crippen LogP contribution in [-0.4, -0.2) is 22.6 Å². The molecule has 0 unspecified atom stereocenters. The number of nitrogen functional groups attached to an aromatic ring is 1.